The van der Waals surface area contributed by atoms with E-state index in [2.05, 4.69) is 4.98 Å². The molecule has 1 rings (SSSR count). The van der Waals surface area contributed by atoms with Crippen molar-refractivity contribution in [1.29, 1.82) is 0 Å². The van der Waals surface area contributed by atoms with E-state index in [-0.39, 0.29) is 0 Å². The van der Waals surface area contributed by atoms with Crippen LogP contribution in [-0.2, 0) is 6.54 Å². The molecule has 0 aromatic carbocycles. The van der Waals surface area contributed by atoms with Crippen LogP contribution in [0.3, 0.4) is 0 Å². The number of halogens is 2. The summed E-state index contributed by atoms with van der Waals surface area (Å²) in [6, 6.07) is 3.38. The highest BCUT2D eigenvalue weighted by Crippen LogP contribution is 2.13. The van der Waals surface area contributed by atoms with Gasteiger partial charge in [0.2, 0.25) is 0 Å². The maximum atomic E-state index is 5.58. The Labute approximate surface area is 69.0 Å². The summed E-state index contributed by atoms with van der Waals surface area (Å²) in [6.07, 6.45) is 0. The van der Waals surface area contributed by atoms with Crippen molar-refractivity contribution in [3.8, 4) is 0 Å². The van der Waals surface area contributed by atoms with Gasteiger partial charge in [-0.3, -0.25) is 0 Å². The van der Waals surface area contributed by atoms with Crippen molar-refractivity contribution >= 4 is 23.2 Å². The molecule has 4 heteroatoms. The van der Waals surface area contributed by atoms with Crippen LogP contribution in [0, 0.1) is 0 Å². The average Bonchev–Trinajstić information content (AvgIpc) is 1.85. The number of nitrogens with two attached hydrogens (primary N) is 1. The van der Waals surface area contributed by atoms with Crippen molar-refractivity contribution in [2.45, 2.75) is 6.54 Å². The fraction of sp³-hybridized carbons (Fsp3) is 0.167. The third kappa shape index (κ3) is 1.84. The number of aromatic nitrogens is 1. The van der Waals surface area contributed by atoms with E-state index < -0.39 is 0 Å². The number of hydrogen-bond acceptors (Lipinski definition) is 2. The summed E-state index contributed by atoms with van der Waals surface area (Å²) < 4.78 is 0. The van der Waals surface area contributed by atoms with Gasteiger partial charge in [0.15, 0.2) is 0 Å². The molecule has 1 aromatic rings. The van der Waals surface area contributed by atoms with E-state index in [4.69, 9.17) is 28.9 Å². The molecule has 1 heterocycles. The normalized spacial score (nSPS) is 9.90. The quantitative estimate of drug-likeness (QED) is 0.664. The van der Waals surface area contributed by atoms with E-state index >= 15 is 0 Å². The summed E-state index contributed by atoms with van der Waals surface area (Å²) in [5, 5.41) is 0.765. The zero-order valence-electron chi connectivity index (χ0n) is 5.14. The Morgan fingerprint density at radius 3 is 2.20 bits per heavy atom. The summed E-state index contributed by atoms with van der Waals surface area (Å²) in [7, 11) is 0. The minimum absolute atomic E-state index is 0.382. The lowest BCUT2D eigenvalue weighted by molar-refractivity contribution is 1.06. The summed E-state index contributed by atoms with van der Waals surface area (Å²) >= 11 is 11.2. The van der Waals surface area contributed by atoms with Crippen LogP contribution in [0.15, 0.2) is 12.1 Å². The van der Waals surface area contributed by atoms with Crippen LogP contribution in [0.5, 0.6) is 0 Å². The molecule has 0 amide bonds. The van der Waals surface area contributed by atoms with Crippen molar-refractivity contribution < 1.29 is 0 Å². The molecule has 0 bridgehead atoms. The molecule has 0 atom stereocenters. The first kappa shape index (κ1) is 7.79. The van der Waals surface area contributed by atoms with Gasteiger partial charge >= 0.3 is 0 Å². The van der Waals surface area contributed by atoms with Crippen LogP contribution < -0.4 is 5.73 Å². The highest BCUT2D eigenvalue weighted by Gasteiger charge is 1.95. The molecular weight excluding hydrogens is 171 g/mol. The molecule has 2 N–H and O–H groups in total. The van der Waals surface area contributed by atoms with Crippen molar-refractivity contribution in [2.75, 3.05) is 0 Å². The Morgan fingerprint density at radius 1 is 1.30 bits per heavy atom. The lowest BCUT2D eigenvalue weighted by Crippen LogP contribution is -1.96. The Kier molecular flexibility index (Phi) is 2.49. The molecule has 0 fully saturated rings. The van der Waals surface area contributed by atoms with Gasteiger partial charge < -0.3 is 5.73 Å². The molecule has 0 radical (unpaired) electrons. The van der Waals surface area contributed by atoms with Gasteiger partial charge in [0.1, 0.15) is 10.3 Å². The van der Waals surface area contributed by atoms with Gasteiger partial charge in [-0.05, 0) is 17.7 Å². The largest absolute Gasteiger partial charge is 0.326 e. The molecule has 0 spiro atoms. The maximum absolute atomic E-state index is 5.58. The third-order valence-electron chi connectivity index (χ3n) is 1.06. The fourth-order valence-corrected chi connectivity index (χ4v) is 1.14. The summed E-state index contributed by atoms with van der Waals surface area (Å²) in [5.74, 6) is 0. The Bertz CT molecular complexity index is 217. The van der Waals surface area contributed by atoms with Crippen molar-refractivity contribution in [3.63, 3.8) is 0 Å². The van der Waals surface area contributed by atoms with Gasteiger partial charge in [-0.2, -0.15) is 0 Å². The smallest absolute Gasteiger partial charge is 0.131 e. The zero-order chi connectivity index (χ0) is 7.56. The first-order chi connectivity index (χ1) is 4.72. The fourth-order valence-electron chi connectivity index (χ4n) is 0.632. The third-order valence-corrected chi connectivity index (χ3v) is 1.45. The van der Waals surface area contributed by atoms with Gasteiger partial charge in [-0.15, -0.1) is 0 Å². The molecule has 10 heavy (non-hydrogen) atoms. The first-order valence-corrected chi connectivity index (χ1v) is 3.50. The number of rotatable bonds is 1. The molecule has 54 valence electrons. The minimum Gasteiger partial charge on any atom is -0.326 e. The second kappa shape index (κ2) is 3.19. The summed E-state index contributed by atoms with van der Waals surface area (Å²) in [6.45, 7) is 0.432. The topological polar surface area (TPSA) is 38.9 Å². The molecule has 0 aliphatic carbocycles. The number of pyridine rings is 1. The SMILES string of the molecule is NCc1cc(Cl)nc(Cl)c1. The second-order valence-corrected chi connectivity index (χ2v) is 2.60. The number of hydrogen-bond donors (Lipinski definition) is 1. The predicted molar refractivity (Wildman–Crippen MR) is 42.1 cm³/mol. The maximum Gasteiger partial charge on any atom is 0.131 e. The van der Waals surface area contributed by atoms with E-state index in [9.17, 15) is 0 Å². The molecule has 0 aliphatic heterocycles. The highest BCUT2D eigenvalue weighted by molar-refractivity contribution is 6.32. The molecule has 0 aliphatic rings. The lowest BCUT2D eigenvalue weighted by Gasteiger charge is -1.96. The lowest BCUT2D eigenvalue weighted by atomic mass is 10.3. The molecule has 1 aromatic heterocycles. The van der Waals surface area contributed by atoms with Crippen LogP contribution in [0.25, 0.3) is 0 Å². The van der Waals surface area contributed by atoms with Gasteiger partial charge in [0, 0.05) is 6.54 Å². The van der Waals surface area contributed by atoms with Gasteiger partial charge in [-0.1, -0.05) is 23.2 Å². The summed E-state index contributed by atoms with van der Waals surface area (Å²) in [5.41, 5.74) is 6.24. The van der Waals surface area contributed by atoms with E-state index in [0.717, 1.165) is 5.56 Å². The molecule has 0 unspecified atom stereocenters. The minimum atomic E-state index is 0.382. The molecule has 2 nitrogen and oxygen atoms in total. The summed E-state index contributed by atoms with van der Waals surface area (Å²) in [4.78, 5) is 3.76. The molecule has 0 saturated carbocycles. The van der Waals surface area contributed by atoms with Gasteiger partial charge in [-0.25, -0.2) is 4.98 Å². The van der Waals surface area contributed by atoms with E-state index in [1.165, 1.54) is 0 Å². The Hall–Kier alpha value is -0.310. The average molecular weight is 177 g/mol. The standard InChI is InChI=1S/C6H6Cl2N2/c7-5-1-4(3-9)2-6(8)10-5/h1-2H,3,9H2. The van der Waals surface area contributed by atoms with E-state index in [1.807, 2.05) is 0 Å². The molecular formula is C6H6Cl2N2. The first-order valence-electron chi connectivity index (χ1n) is 2.74. The molecule has 0 saturated heterocycles. The van der Waals surface area contributed by atoms with Gasteiger partial charge in [0.05, 0.1) is 0 Å². The van der Waals surface area contributed by atoms with Crippen LogP contribution in [0.4, 0.5) is 0 Å². The second-order valence-electron chi connectivity index (χ2n) is 1.82. The monoisotopic (exact) mass is 176 g/mol. The van der Waals surface area contributed by atoms with Crippen LogP contribution >= 0.6 is 23.2 Å². The van der Waals surface area contributed by atoms with Crippen LogP contribution in [-0.4, -0.2) is 4.98 Å². The van der Waals surface area contributed by atoms with Crippen LogP contribution in [0.1, 0.15) is 5.56 Å². The number of nitrogens with zero attached hydrogens (tertiary/aromatic N) is 1. The van der Waals surface area contributed by atoms with Crippen molar-refractivity contribution in [2.24, 2.45) is 5.73 Å². The Balaban J connectivity index is 3.06. The van der Waals surface area contributed by atoms with Gasteiger partial charge in [0.25, 0.3) is 0 Å². The van der Waals surface area contributed by atoms with Crippen LogP contribution in [0.2, 0.25) is 10.3 Å². The van der Waals surface area contributed by atoms with E-state index in [1.54, 1.807) is 12.1 Å². The van der Waals surface area contributed by atoms with Crippen molar-refractivity contribution in [3.05, 3.63) is 28.0 Å². The predicted octanol–water partition coefficient (Wildman–Crippen LogP) is 1.85. The highest BCUT2D eigenvalue weighted by atomic mass is 35.5. The van der Waals surface area contributed by atoms with E-state index in [0.29, 0.717) is 16.9 Å². The van der Waals surface area contributed by atoms with Crippen molar-refractivity contribution in [1.82, 2.24) is 4.98 Å². The zero-order valence-corrected chi connectivity index (χ0v) is 6.65. The Morgan fingerprint density at radius 2 is 1.80 bits per heavy atom.